The molecule has 1 fully saturated rings. The Morgan fingerprint density at radius 2 is 1.75 bits per heavy atom. The van der Waals surface area contributed by atoms with Gasteiger partial charge < -0.3 is 9.47 Å². The Morgan fingerprint density at radius 3 is 2.45 bits per heavy atom. The molecule has 0 bridgehead atoms. The fourth-order valence-electron chi connectivity index (χ4n) is 2.49. The smallest absolute Gasteiger partial charge is 0.250 e. The van der Waals surface area contributed by atoms with Gasteiger partial charge in [-0.3, -0.25) is 14.9 Å². The average Bonchev–Trinajstić information content (AvgIpc) is 2.46. The number of amides is 2. The molecule has 1 unspecified atom stereocenters. The topological polar surface area (TPSA) is 67.9 Å². The molecule has 2 aliphatic heterocycles. The van der Waals surface area contributed by atoms with Crippen LogP contribution in [0.15, 0.2) is 18.2 Å². The molecule has 0 radical (unpaired) electrons. The van der Waals surface area contributed by atoms with E-state index >= 15 is 0 Å². The number of para-hydroxylation sites is 1. The zero-order chi connectivity index (χ0) is 14.3. The lowest BCUT2D eigenvalue weighted by atomic mass is 10.1. The van der Waals surface area contributed by atoms with E-state index in [0.29, 0.717) is 30.4 Å². The summed E-state index contributed by atoms with van der Waals surface area (Å²) in [5.74, 6) is 0.460. The third kappa shape index (κ3) is 1.92. The number of carbonyl (C=O) groups excluding carboxylic acids is 2. The van der Waals surface area contributed by atoms with Crippen molar-refractivity contribution in [1.82, 2.24) is 5.32 Å². The van der Waals surface area contributed by atoms with Crippen LogP contribution in [0, 0.1) is 0 Å². The maximum Gasteiger partial charge on any atom is 0.250 e. The fraction of sp³-hybridized carbons (Fsp3) is 0.429. The van der Waals surface area contributed by atoms with Crippen molar-refractivity contribution in [3.8, 4) is 11.5 Å². The second kappa shape index (κ2) is 4.79. The number of hydrogen-bond donors (Lipinski definition) is 1. The van der Waals surface area contributed by atoms with E-state index in [1.54, 1.807) is 32.0 Å². The third-order valence-electron chi connectivity index (χ3n) is 3.47. The molecule has 0 aromatic heterocycles. The number of nitrogens with zero attached hydrogens (tertiary/aromatic N) is 1. The van der Waals surface area contributed by atoms with Gasteiger partial charge in [-0.15, -0.1) is 0 Å². The second-order valence-electron chi connectivity index (χ2n) is 4.92. The summed E-state index contributed by atoms with van der Waals surface area (Å²) in [6.07, 6.45) is 0. The van der Waals surface area contributed by atoms with Crippen LogP contribution in [0.3, 0.4) is 0 Å². The molecule has 1 N–H and O–H groups in total. The van der Waals surface area contributed by atoms with Crippen molar-refractivity contribution in [3.05, 3.63) is 18.2 Å². The minimum atomic E-state index is -0.414. The quantitative estimate of drug-likeness (QED) is 0.765. The van der Waals surface area contributed by atoms with Crippen LogP contribution in [0.1, 0.15) is 13.8 Å². The number of fused-ring (bicyclic) bond motifs is 1. The Hall–Kier alpha value is -2.08. The zero-order valence-electron chi connectivity index (χ0n) is 11.4. The average molecular weight is 276 g/mol. The van der Waals surface area contributed by atoms with Gasteiger partial charge in [0.25, 0.3) is 11.8 Å². The van der Waals surface area contributed by atoms with E-state index in [4.69, 9.17) is 9.47 Å². The highest BCUT2D eigenvalue weighted by molar-refractivity contribution is 6.20. The first-order valence-corrected chi connectivity index (χ1v) is 6.62. The summed E-state index contributed by atoms with van der Waals surface area (Å²) in [5, 5.41) is 2.95. The van der Waals surface area contributed by atoms with E-state index in [2.05, 4.69) is 5.32 Å². The monoisotopic (exact) mass is 276 g/mol. The van der Waals surface area contributed by atoms with Crippen LogP contribution >= 0.6 is 0 Å². The van der Waals surface area contributed by atoms with Crippen LogP contribution in [0.4, 0.5) is 5.69 Å². The highest BCUT2D eigenvalue weighted by Gasteiger charge is 2.39. The van der Waals surface area contributed by atoms with Crippen molar-refractivity contribution in [2.24, 2.45) is 0 Å². The van der Waals surface area contributed by atoms with Gasteiger partial charge in [0.1, 0.15) is 13.2 Å². The van der Waals surface area contributed by atoms with Crippen LogP contribution in [-0.4, -0.2) is 37.1 Å². The molecule has 0 aliphatic carbocycles. The summed E-state index contributed by atoms with van der Waals surface area (Å²) in [6, 6.07) is 4.39. The van der Waals surface area contributed by atoms with Gasteiger partial charge in [0.05, 0.1) is 17.8 Å². The second-order valence-corrected chi connectivity index (χ2v) is 4.92. The van der Waals surface area contributed by atoms with Crippen molar-refractivity contribution in [2.45, 2.75) is 25.9 Å². The van der Waals surface area contributed by atoms with E-state index in [9.17, 15) is 9.59 Å². The lowest BCUT2D eigenvalue weighted by molar-refractivity contribution is -0.131. The third-order valence-corrected chi connectivity index (χ3v) is 3.47. The van der Waals surface area contributed by atoms with Crippen LogP contribution in [0.2, 0.25) is 0 Å². The molecule has 3 rings (SSSR count). The van der Waals surface area contributed by atoms with Gasteiger partial charge >= 0.3 is 0 Å². The summed E-state index contributed by atoms with van der Waals surface area (Å²) < 4.78 is 11.1. The summed E-state index contributed by atoms with van der Waals surface area (Å²) in [7, 11) is 0. The number of nitrogens with one attached hydrogen (secondary N) is 1. The van der Waals surface area contributed by atoms with Gasteiger partial charge in [0.2, 0.25) is 0 Å². The zero-order valence-corrected chi connectivity index (χ0v) is 11.4. The number of hydrogen-bond acceptors (Lipinski definition) is 5. The Labute approximate surface area is 116 Å². The lowest BCUT2D eigenvalue weighted by Gasteiger charge is -2.35. The molecule has 1 saturated heterocycles. The van der Waals surface area contributed by atoms with Crippen molar-refractivity contribution in [1.29, 1.82) is 0 Å². The molecule has 1 aromatic carbocycles. The van der Waals surface area contributed by atoms with Gasteiger partial charge in [0, 0.05) is 0 Å². The van der Waals surface area contributed by atoms with Crippen LogP contribution in [0.25, 0.3) is 0 Å². The first kappa shape index (κ1) is 12.9. The molecule has 2 atom stereocenters. The first-order valence-electron chi connectivity index (χ1n) is 6.62. The molecule has 2 heterocycles. The van der Waals surface area contributed by atoms with Crippen molar-refractivity contribution < 1.29 is 19.1 Å². The maximum absolute atomic E-state index is 12.3. The van der Waals surface area contributed by atoms with Gasteiger partial charge in [-0.2, -0.15) is 0 Å². The highest BCUT2D eigenvalue weighted by atomic mass is 16.6. The highest BCUT2D eigenvalue weighted by Crippen LogP contribution is 2.40. The Bertz CT molecular complexity index is 552. The summed E-state index contributed by atoms with van der Waals surface area (Å²) in [6.45, 7) is 4.35. The van der Waals surface area contributed by atoms with Gasteiger partial charge in [-0.05, 0) is 26.0 Å². The number of benzene rings is 1. The lowest BCUT2D eigenvalue weighted by Crippen LogP contribution is -2.61. The van der Waals surface area contributed by atoms with Gasteiger partial charge in [-0.1, -0.05) is 6.07 Å². The largest absolute Gasteiger partial charge is 0.486 e. The van der Waals surface area contributed by atoms with Crippen LogP contribution in [0.5, 0.6) is 11.5 Å². The molecule has 0 spiro atoms. The minimum absolute atomic E-state index is 0.282. The summed E-state index contributed by atoms with van der Waals surface area (Å²) >= 11 is 0. The summed E-state index contributed by atoms with van der Waals surface area (Å²) in [5.41, 5.74) is 0.456. The van der Waals surface area contributed by atoms with Crippen molar-refractivity contribution in [3.63, 3.8) is 0 Å². The van der Waals surface area contributed by atoms with E-state index in [1.165, 1.54) is 4.90 Å². The molecular weight excluding hydrogens is 260 g/mol. The van der Waals surface area contributed by atoms with Gasteiger partial charge in [0.15, 0.2) is 11.5 Å². The summed E-state index contributed by atoms with van der Waals surface area (Å²) in [4.78, 5) is 25.8. The van der Waals surface area contributed by atoms with Gasteiger partial charge in [-0.25, -0.2) is 4.90 Å². The van der Waals surface area contributed by atoms with E-state index in [0.717, 1.165) is 0 Å². The molecular formula is C14H16N2O4. The predicted octanol–water partition coefficient (Wildman–Crippen LogP) is 0.698. The molecule has 1 aromatic rings. The molecule has 6 heteroatoms. The number of carbonyl (C=O) groups is 2. The first-order chi connectivity index (χ1) is 9.59. The maximum atomic E-state index is 12.3. The number of imide groups is 1. The number of anilines is 1. The van der Waals surface area contributed by atoms with Crippen molar-refractivity contribution in [2.75, 3.05) is 18.1 Å². The van der Waals surface area contributed by atoms with Crippen LogP contribution in [-0.2, 0) is 9.59 Å². The molecule has 2 aliphatic rings. The molecule has 2 amide bonds. The van der Waals surface area contributed by atoms with E-state index in [-0.39, 0.29) is 11.8 Å². The molecule has 20 heavy (non-hydrogen) atoms. The SMILES string of the molecule is CC1N[C@H](C)C(=O)N(c2cccc3c2OCCO3)C1=O. The fourth-order valence-corrected chi connectivity index (χ4v) is 2.49. The standard InChI is InChI=1S/C14H16N2O4/c1-8-13(17)16(14(18)9(2)15-8)10-4-3-5-11-12(10)20-7-6-19-11/h3-5,8-9,15H,6-7H2,1-2H3/t8-,9?/m1/s1. The number of ether oxygens (including phenoxy) is 2. The molecule has 6 nitrogen and oxygen atoms in total. The predicted molar refractivity (Wildman–Crippen MR) is 72.0 cm³/mol. The number of piperazine rings is 1. The Morgan fingerprint density at radius 1 is 1.10 bits per heavy atom. The van der Waals surface area contributed by atoms with E-state index in [1.807, 2.05) is 0 Å². The van der Waals surface area contributed by atoms with Crippen LogP contribution < -0.4 is 19.7 Å². The Balaban J connectivity index is 2.07. The number of rotatable bonds is 1. The normalized spacial score (nSPS) is 25.8. The molecule has 106 valence electrons. The van der Waals surface area contributed by atoms with Crippen molar-refractivity contribution >= 4 is 17.5 Å². The molecule has 0 saturated carbocycles. The van der Waals surface area contributed by atoms with E-state index < -0.39 is 12.1 Å². The Kier molecular flexibility index (Phi) is 3.10. The minimum Gasteiger partial charge on any atom is -0.486 e.